The Kier molecular flexibility index (Phi) is 9.54. The lowest BCUT2D eigenvalue weighted by atomic mass is 9.95. The molecule has 7 heteroatoms. The van der Waals surface area contributed by atoms with Gasteiger partial charge in [-0.2, -0.15) is 0 Å². The van der Waals surface area contributed by atoms with Crippen molar-refractivity contribution in [2.45, 2.75) is 12.1 Å². The molecule has 0 fully saturated rings. The molecular formula is C20H20Cl4N2O. The quantitative estimate of drug-likeness (QED) is 0.502. The first kappa shape index (κ1) is 23.7. The molecule has 3 aromatic rings. The fourth-order valence-electron chi connectivity index (χ4n) is 2.78. The number of hydrogen-bond donors (Lipinski definition) is 1. The monoisotopic (exact) mass is 444 g/mol. The molecule has 0 aliphatic carbocycles. The summed E-state index contributed by atoms with van der Waals surface area (Å²) in [4.78, 5) is 4.15. The van der Waals surface area contributed by atoms with Crippen molar-refractivity contribution in [2.75, 3.05) is 7.11 Å². The Labute approximate surface area is 181 Å². The average molecular weight is 446 g/mol. The number of pyridine rings is 1. The molecule has 0 saturated heterocycles. The van der Waals surface area contributed by atoms with Crippen molar-refractivity contribution in [2.24, 2.45) is 5.73 Å². The van der Waals surface area contributed by atoms with E-state index in [0.29, 0.717) is 10.0 Å². The van der Waals surface area contributed by atoms with E-state index < -0.39 is 0 Å². The lowest BCUT2D eigenvalue weighted by molar-refractivity contribution is 0.0802. The van der Waals surface area contributed by atoms with Gasteiger partial charge in [0.2, 0.25) is 0 Å². The fourth-order valence-corrected chi connectivity index (χ4v) is 3.09. The molecule has 0 bridgehead atoms. The molecule has 0 saturated carbocycles. The third-order valence-corrected chi connectivity index (χ3v) is 4.88. The molecule has 0 aliphatic heterocycles. The Hall–Kier alpha value is -1.33. The third kappa shape index (κ3) is 5.58. The standard InChI is InChI=1S/C20H18Cl2N2O.2ClH/c1-25-20(19(23)15-8-9-17(21)18(22)11-15)14-6-4-13(5-7-14)16-3-2-10-24-12-16;;/h2-12,19-20H,23H2,1H3;2*1H. The number of aromatic nitrogens is 1. The molecule has 0 radical (unpaired) electrons. The van der Waals surface area contributed by atoms with Gasteiger partial charge in [-0.25, -0.2) is 0 Å². The van der Waals surface area contributed by atoms with Gasteiger partial charge in [-0.1, -0.05) is 59.6 Å². The van der Waals surface area contributed by atoms with Crippen LogP contribution in [-0.2, 0) is 4.74 Å². The van der Waals surface area contributed by atoms with E-state index in [4.69, 9.17) is 33.7 Å². The van der Waals surface area contributed by atoms with Crippen LogP contribution in [0.2, 0.25) is 10.0 Å². The van der Waals surface area contributed by atoms with Crippen LogP contribution in [0.4, 0.5) is 0 Å². The molecule has 0 spiro atoms. The summed E-state index contributed by atoms with van der Waals surface area (Å²) in [6.07, 6.45) is 3.31. The SMILES string of the molecule is COC(c1ccc(-c2cccnc2)cc1)C(N)c1ccc(Cl)c(Cl)c1.Cl.Cl. The van der Waals surface area contributed by atoms with E-state index in [2.05, 4.69) is 4.98 Å². The molecule has 0 amide bonds. The summed E-state index contributed by atoms with van der Waals surface area (Å²) in [5.74, 6) is 0. The van der Waals surface area contributed by atoms with Gasteiger partial charge in [0.05, 0.1) is 16.1 Å². The Bertz CT molecular complexity index is 844. The number of benzene rings is 2. The predicted octanol–water partition coefficient (Wildman–Crippen LogP) is 6.29. The van der Waals surface area contributed by atoms with E-state index >= 15 is 0 Å². The van der Waals surface area contributed by atoms with Gasteiger partial charge in [0, 0.05) is 19.5 Å². The van der Waals surface area contributed by atoms with Crippen molar-refractivity contribution >= 4 is 48.0 Å². The van der Waals surface area contributed by atoms with Gasteiger partial charge in [-0.05, 0) is 40.5 Å². The molecule has 27 heavy (non-hydrogen) atoms. The zero-order valence-electron chi connectivity index (χ0n) is 14.5. The van der Waals surface area contributed by atoms with Crippen LogP contribution in [0.1, 0.15) is 23.3 Å². The van der Waals surface area contributed by atoms with Crippen LogP contribution in [0.15, 0.2) is 67.0 Å². The summed E-state index contributed by atoms with van der Waals surface area (Å²) in [6, 6.07) is 17.1. The average Bonchev–Trinajstić information content (AvgIpc) is 2.66. The third-order valence-electron chi connectivity index (χ3n) is 4.14. The summed E-state index contributed by atoms with van der Waals surface area (Å²) in [5, 5.41) is 0.990. The molecule has 2 unspecified atom stereocenters. The molecule has 3 nitrogen and oxygen atoms in total. The van der Waals surface area contributed by atoms with Gasteiger partial charge in [-0.3, -0.25) is 4.98 Å². The summed E-state index contributed by atoms with van der Waals surface area (Å²) in [6.45, 7) is 0. The highest BCUT2D eigenvalue weighted by atomic mass is 35.5. The first-order valence-corrected chi connectivity index (χ1v) is 8.59. The second-order valence-electron chi connectivity index (χ2n) is 5.72. The van der Waals surface area contributed by atoms with E-state index in [1.54, 1.807) is 25.4 Å². The summed E-state index contributed by atoms with van der Waals surface area (Å²) in [7, 11) is 1.65. The van der Waals surface area contributed by atoms with E-state index in [1.165, 1.54) is 0 Å². The topological polar surface area (TPSA) is 48.1 Å². The van der Waals surface area contributed by atoms with E-state index in [1.807, 2.05) is 48.7 Å². The smallest absolute Gasteiger partial charge is 0.101 e. The minimum atomic E-state index is -0.357. The fraction of sp³-hybridized carbons (Fsp3) is 0.150. The second-order valence-corrected chi connectivity index (χ2v) is 6.53. The number of nitrogens with two attached hydrogens (primary N) is 1. The minimum Gasteiger partial charge on any atom is -0.375 e. The van der Waals surface area contributed by atoms with Crippen LogP contribution < -0.4 is 5.73 Å². The van der Waals surface area contributed by atoms with Crippen molar-refractivity contribution < 1.29 is 4.74 Å². The van der Waals surface area contributed by atoms with Crippen LogP contribution in [-0.4, -0.2) is 12.1 Å². The summed E-state index contributed by atoms with van der Waals surface area (Å²) >= 11 is 12.1. The van der Waals surface area contributed by atoms with Crippen LogP contribution in [0.5, 0.6) is 0 Å². The molecule has 0 aliphatic rings. The molecule has 1 aromatic heterocycles. The van der Waals surface area contributed by atoms with E-state index in [-0.39, 0.29) is 37.0 Å². The number of ether oxygens (including phenoxy) is 1. The van der Waals surface area contributed by atoms with Crippen molar-refractivity contribution in [3.63, 3.8) is 0 Å². The van der Waals surface area contributed by atoms with Gasteiger partial charge in [0.1, 0.15) is 6.10 Å². The maximum absolute atomic E-state index is 6.41. The Balaban J connectivity index is 0.00000182. The number of halogens is 4. The predicted molar refractivity (Wildman–Crippen MR) is 117 cm³/mol. The lowest BCUT2D eigenvalue weighted by Crippen LogP contribution is -2.21. The van der Waals surface area contributed by atoms with Gasteiger partial charge >= 0.3 is 0 Å². The zero-order chi connectivity index (χ0) is 17.8. The van der Waals surface area contributed by atoms with Crippen molar-refractivity contribution in [3.05, 3.63) is 88.2 Å². The maximum Gasteiger partial charge on any atom is 0.101 e. The van der Waals surface area contributed by atoms with E-state index in [0.717, 1.165) is 22.3 Å². The van der Waals surface area contributed by atoms with Crippen LogP contribution in [0.25, 0.3) is 11.1 Å². The molecule has 2 N–H and O–H groups in total. The normalized spacial score (nSPS) is 12.4. The van der Waals surface area contributed by atoms with E-state index in [9.17, 15) is 0 Å². The molecule has 2 aromatic carbocycles. The summed E-state index contributed by atoms with van der Waals surface area (Å²) in [5.41, 5.74) is 10.4. The molecule has 2 atom stereocenters. The van der Waals surface area contributed by atoms with Crippen LogP contribution in [0.3, 0.4) is 0 Å². The number of hydrogen-bond acceptors (Lipinski definition) is 3. The number of rotatable bonds is 5. The van der Waals surface area contributed by atoms with Crippen LogP contribution >= 0.6 is 48.0 Å². The largest absolute Gasteiger partial charge is 0.375 e. The Morgan fingerprint density at radius 1 is 0.889 bits per heavy atom. The molecule has 3 rings (SSSR count). The molecular weight excluding hydrogens is 426 g/mol. The molecule has 144 valence electrons. The van der Waals surface area contributed by atoms with Gasteiger partial charge in [0.15, 0.2) is 0 Å². The van der Waals surface area contributed by atoms with Gasteiger partial charge < -0.3 is 10.5 Å². The highest BCUT2D eigenvalue weighted by Gasteiger charge is 2.22. The Morgan fingerprint density at radius 3 is 2.11 bits per heavy atom. The van der Waals surface area contributed by atoms with Crippen molar-refractivity contribution in [3.8, 4) is 11.1 Å². The lowest BCUT2D eigenvalue weighted by Gasteiger charge is -2.24. The van der Waals surface area contributed by atoms with Crippen molar-refractivity contribution in [1.29, 1.82) is 0 Å². The van der Waals surface area contributed by atoms with Crippen molar-refractivity contribution in [1.82, 2.24) is 4.98 Å². The summed E-state index contributed by atoms with van der Waals surface area (Å²) < 4.78 is 5.65. The highest BCUT2D eigenvalue weighted by Crippen LogP contribution is 2.33. The van der Waals surface area contributed by atoms with Gasteiger partial charge in [-0.15, -0.1) is 24.8 Å². The first-order valence-electron chi connectivity index (χ1n) is 7.84. The zero-order valence-corrected chi connectivity index (χ0v) is 17.7. The number of nitrogens with zero attached hydrogens (tertiary/aromatic N) is 1. The highest BCUT2D eigenvalue weighted by molar-refractivity contribution is 6.42. The Morgan fingerprint density at radius 2 is 1.56 bits per heavy atom. The second kappa shape index (κ2) is 10.9. The number of methoxy groups -OCH3 is 1. The molecule has 1 heterocycles. The maximum atomic E-state index is 6.41. The minimum absolute atomic E-state index is 0. The first-order chi connectivity index (χ1) is 12.1. The van der Waals surface area contributed by atoms with Crippen LogP contribution in [0, 0.1) is 0 Å². The van der Waals surface area contributed by atoms with Gasteiger partial charge in [0.25, 0.3) is 0 Å².